The molecule has 134 valence electrons. The van der Waals surface area contributed by atoms with Crippen molar-refractivity contribution in [1.82, 2.24) is 0 Å². The zero-order valence-electron chi connectivity index (χ0n) is 14.3. The molecule has 0 aliphatic carbocycles. The molecule has 7 heteroatoms. The molecule has 0 heterocycles. The molecule has 7 nitrogen and oxygen atoms in total. The molecule has 0 radical (unpaired) electrons. The van der Waals surface area contributed by atoms with Gasteiger partial charge in [-0.2, -0.15) is 0 Å². The number of benzene rings is 2. The molecule has 0 aromatic heterocycles. The van der Waals surface area contributed by atoms with Gasteiger partial charge in [-0.25, -0.2) is 9.59 Å². The SMILES string of the molecule is COC(=O)c1ccccc1C(=O)OCC(=O)Nc1ccccc1C(C)=O. The van der Waals surface area contributed by atoms with E-state index in [1.165, 1.54) is 26.2 Å². The van der Waals surface area contributed by atoms with Crippen molar-refractivity contribution in [2.75, 3.05) is 19.0 Å². The van der Waals surface area contributed by atoms with Crippen LogP contribution in [0.2, 0.25) is 0 Å². The summed E-state index contributed by atoms with van der Waals surface area (Å²) in [6, 6.07) is 12.5. The van der Waals surface area contributed by atoms with Crippen LogP contribution in [0.1, 0.15) is 38.0 Å². The van der Waals surface area contributed by atoms with E-state index >= 15 is 0 Å². The minimum atomic E-state index is -0.832. The van der Waals surface area contributed by atoms with Crippen molar-refractivity contribution in [1.29, 1.82) is 0 Å². The number of amides is 1. The first-order valence-electron chi connectivity index (χ1n) is 7.68. The maximum atomic E-state index is 12.2. The first-order valence-corrected chi connectivity index (χ1v) is 7.68. The van der Waals surface area contributed by atoms with Crippen molar-refractivity contribution < 1.29 is 28.7 Å². The van der Waals surface area contributed by atoms with Crippen molar-refractivity contribution in [3.63, 3.8) is 0 Å². The largest absolute Gasteiger partial charge is 0.465 e. The molecule has 2 rings (SSSR count). The van der Waals surface area contributed by atoms with Crippen LogP contribution in [-0.2, 0) is 14.3 Å². The second-order valence-corrected chi connectivity index (χ2v) is 5.26. The predicted octanol–water partition coefficient (Wildman–Crippen LogP) is 2.47. The van der Waals surface area contributed by atoms with Gasteiger partial charge in [0.1, 0.15) is 0 Å². The number of anilines is 1. The molecule has 0 spiro atoms. The highest BCUT2D eigenvalue weighted by Crippen LogP contribution is 2.16. The van der Waals surface area contributed by atoms with Gasteiger partial charge in [0.25, 0.3) is 5.91 Å². The first kappa shape index (κ1) is 18.9. The van der Waals surface area contributed by atoms with Crippen molar-refractivity contribution in [3.05, 3.63) is 65.2 Å². The average molecular weight is 355 g/mol. The molecular weight excluding hydrogens is 338 g/mol. The summed E-state index contributed by atoms with van der Waals surface area (Å²) < 4.78 is 9.56. The summed E-state index contributed by atoms with van der Waals surface area (Å²) in [7, 11) is 1.20. The highest BCUT2D eigenvalue weighted by molar-refractivity contribution is 6.05. The van der Waals surface area contributed by atoms with E-state index in [4.69, 9.17) is 4.74 Å². The van der Waals surface area contributed by atoms with E-state index < -0.39 is 24.5 Å². The number of nitrogens with one attached hydrogen (secondary N) is 1. The molecular formula is C19H17NO6. The molecule has 0 atom stereocenters. The van der Waals surface area contributed by atoms with Gasteiger partial charge >= 0.3 is 11.9 Å². The molecule has 2 aromatic rings. The molecule has 1 N–H and O–H groups in total. The smallest absolute Gasteiger partial charge is 0.339 e. The number of esters is 2. The van der Waals surface area contributed by atoms with Gasteiger partial charge < -0.3 is 14.8 Å². The Balaban J connectivity index is 2.04. The van der Waals surface area contributed by atoms with Gasteiger partial charge in [-0.15, -0.1) is 0 Å². The number of Topliss-reactive ketones (excluding diaryl/α,β-unsaturated/α-hetero) is 1. The number of hydrogen-bond donors (Lipinski definition) is 1. The lowest BCUT2D eigenvalue weighted by Gasteiger charge is -2.10. The van der Waals surface area contributed by atoms with E-state index in [-0.39, 0.29) is 16.9 Å². The second kappa shape index (κ2) is 8.57. The van der Waals surface area contributed by atoms with Gasteiger partial charge in [-0.1, -0.05) is 24.3 Å². The molecule has 1 amide bonds. The van der Waals surface area contributed by atoms with Crippen LogP contribution in [-0.4, -0.2) is 37.3 Å². The van der Waals surface area contributed by atoms with Crippen LogP contribution in [0.5, 0.6) is 0 Å². The lowest BCUT2D eigenvalue weighted by Crippen LogP contribution is -2.22. The minimum absolute atomic E-state index is 0.00344. The molecule has 2 aromatic carbocycles. The van der Waals surface area contributed by atoms with Crippen molar-refractivity contribution in [2.45, 2.75) is 6.92 Å². The summed E-state index contributed by atoms with van der Waals surface area (Å²) >= 11 is 0. The van der Waals surface area contributed by atoms with E-state index in [9.17, 15) is 19.2 Å². The van der Waals surface area contributed by atoms with E-state index in [1.54, 1.807) is 36.4 Å². The van der Waals surface area contributed by atoms with Crippen LogP contribution < -0.4 is 5.32 Å². The third kappa shape index (κ3) is 4.54. The molecule has 0 aliphatic rings. The molecule has 26 heavy (non-hydrogen) atoms. The summed E-state index contributed by atoms with van der Waals surface area (Å²) in [5.74, 6) is -2.33. The lowest BCUT2D eigenvalue weighted by molar-refractivity contribution is -0.119. The van der Waals surface area contributed by atoms with Gasteiger partial charge in [-0.05, 0) is 31.2 Å². The Bertz CT molecular complexity index is 859. The number of carbonyl (C=O) groups excluding carboxylic acids is 4. The minimum Gasteiger partial charge on any atom is -0.465 e. The third-order valence-corrected chi connectivity index (χ3v) is 3.47. The van der Waals surface area contributed by atoms with Crippen LogP contribution in [0.25, 0.3) is 0 Å². The van der Waals surface area contributed by atoms with E-state index in [2.05, 4.69) is 10.1 Å². The Morgan fingerprint density at radius 2 is 1.38 bits per heavy atom. The molecule has 0 fully saturated rings. The van der Waals surface area contributed by atoms with Gasteiger partial charge in [0, 0.05) is 5.56 Å². The summed E-state index contributed by atoms with van der Waals surface area (Å²) in [5, 5.41) is 2.52. The van der Waals surface area contributed by atoms with Crippen LogP contribution in [0.4, 0.5) is 5.69 Å². The quantitative estimate of drug-likeness (QED) is 0.631. The summed E-state index contributed by atoms with van der Waals surface area (Å²) in [5.41, 5.74) is 0.720. The molecule has 0 saturated carbocycles. The van der Waals surface area contributed by atoms with E-state index in [0.29, 0.717) is 11.3 Å². The second-order valence-electron chi connectivity index (χ2n) is 5.26. The Morgan fingerprint density at radius 1 is 0.846 bits per heavy atom. The third-order valence-electron chi connectivity index (χ3n) is 3.47. The van der Waals surface area contributed by atoms with Crippen molar-refractivity contribution >= 4 is 29.3 Å². The maximum Gasteiger partial charge on any atom is 0.339 e. The Morgan fingerprint density at radius 3 is 1.96 bits per heavy atom. The van der Waals surface area contributed by atoms with Crippen LogP contribution in [0.15, 0.2) is 48.5 Å². The monoisotopic (exact) mass is 355 g/mol. The number of ketones is 1. The van der Waals surface area contributed by atoms with Crippen LogP contribution in [0, 0.1) is 0 Å². The maximum absolute atomic E-state index is 12.2. The number of ether oxygens (including phenoxy) is 2. The fourth-order valence-corrected chi connectivity index (χ4v) is 2.24. The van der Waals surface area contributed by atoms with Gasteiger partial charge in [0.15, 0.2) is 12.4 Å². The summed E-state index contributed by atoms with van der Waals surface area (Å²) in [6.07, 6.45) is 0. The normalized spacial score (nSPS) is 9.92. The van der Waals surface area contributed by atoms with E-state index in [0.717, 1.165) is 0 Å². The van der Waals surface area contributed by atoms with Crippen LogP contribution >= 0.6 is 0 Å². The number of methoxy groups -OCH3 is 1. The Labute approximate surface area is 149 Å². The number of rotatable bonds is 6. The highest BCUT2D eigenvalue weighted by atomic mass is 16.5. The molecule has 0 aliphatic heterocycles. The zero-order valence-corrected chi connectivity index (χ0v) is 14.3. The van der Waals surface area contributed by atoms with Crippen LogP contribution in [0.3, 0.4) is 0 Å². The summed E-state index contributed by atoms with van der Waals surface area (Å²) in [4.78, 5) is 47.4. The molecule has 0 bridgehead atoms. The zero-order chi connectivity index (χ0) is 19.1. The lowest BCUT2D eigenvalue weighted by atomic mass is 10.1. The fourth-order valence-electron chi connectivity index (χ4n) is 2.24. The van der Waals surface area contributed by atoms with E-state index in [1.807, 2.05) is 0 Å². The van der Waals surface area contributed by atoms with Gasteiger partial charge in [0.2, 0.25) is 0 Å². The average Bonchev–Trinajstić information content (AvgIpc) is 2.65. The Kier molecular flexibility index (Phi) is 6.21. The topological polar surface area (TPSA) is 98.8 Å². The van der Waals surface area contributed by atoms with Gasteiger partial charge in [0.05, 0.1) is 23.9 Å². The number of carbonyl (C=O) groups is 4. The predicted molar refractivity (Wildman–Crippen MR) is 93.1 cm³/mol. The highest BCUT2D eigenvalue weighted by Gasteiger charge is 2.19. The fraction of sp³-hybridized carbons (Fsp3) is 0.158. The number of hydrogen-bond acceptors (Lipinski definition) is 6. The molecule has 0 saturated heterocycles. The molecule has 0 unspecified atom stereocenters. The van der Waals surface area contributed by atoms with Crippen molar-refractivity contribution in [2.24, 2.45) is 0 Å². The standard InChI is InChI=1S/C19H17NO6/c1-12(21)13-7-5-6-10-16(13)20-17(22)11-26-19(24)15-9-4-3-8-14(15)18(23)25-2/h3-10H,11H2,1-2H3,(H,20,22). The number of para-hydroxylation sites is 1. The summed E-state index contributed by atoms with van der Waals surface area (Å²) in [6.45, 7) is 0.815. The van der Waals surface area contributed by atoms with Gasteiger partial charge in [-0.3, -0.25) is 9.59 Å². The Hall–Kier alpha value is -3.48. The van der Waals surface area contributed by atoms with Crippen molar-refractivity contribution in [3.8, 4) is 0 Å². The first-order chi connectivity index (χ1) is 12.4.